The van der Waals surface area contributed by atoms with Crippen molar-refractivity contribution >= 4 is 17.7 Å². The summed E-state index contributed by atoms with van der Waals surface area (Å²) >= 11 is 0. The van der Waals surface area contributed by atoms with Gasteiger partial charge in [-0.1, -0.05) is 20.8 Å². The van der Waals surface area contributed by atoms with Crippen molar-refractivity contribution in [3.63, 3.8) is 0 Å². The van der Waals surface area contributed by atoms with Crippen molar-refractivity contribution in [2.24, 2.45) is 16.7 Å². The monoisotopic (exact) mass is 324 g/mol. The molecule has 0 aromatic rings. The van der Waals surface area contributed by atoms with Gasteiger partial charge in [-0.05, 0) is 18.4 Å². The number of Topliss-reactive ketones (excluding diaryl/α,β-unsaturated/α-hetero) is 1. The Bertz CT molecular complexity index is 576. The van der Waals surface area contributed by atoms with Crippen LogP contribution in [0.1, 0.15) is 47.5 Å². The summed E-state index contributed by atoms with van der Waals surface area (Å²) in [7, 11) is 0. The van der Waals surface area contributed by atoms with Gasteiger partial charge in [-0.15, -0.1) is 0 Å². The standard InChI is InChI=1S/C17H24O6/c1-9(18)22-12-8-17(5)13(7-6-11(20)14(17)21)16(3,4)15(12)23-10(2)19/h6,12-13,15,20H,7-8H2,1-5H3/t12-,13+,15+,17+/m1/s1. The van der Waals surface area contributed by atoms with Crippen molar-refractivity contribution in [3.05, 3.63) is 11.8 Å². The molecular formula is C17H24O6. The Labute approximate surface area is 135 Å². The zero-order valence-electron chi connectivity index (χ0n) is 14.2. The number of ether oxygens (including phenoxy) is 2. The van der Waals surface area contributed by atoms with Gasteiger partial charge in [-0.25, -0.2) is 0 Å². The molecule has 0 unspecified atom stereocenters. The highest BCUT2D eigenvalue weighted by Crippen LogP contribution is 2.57. The van der Waals surface area contributed by atoms with Gasteiger partial charge >= 0.3 is 11.9 Å². The molecule has 0 bridgehead atoms. The Kier molecular flexibility index (Phi) is 4.30. The van der Waals surface area contributed by atoms with Crippen LogP contribution in [0.25, 0.3) is 0 Å². The van der Waals surface area contributed by atoms with Gasteiger partial charge in [0.2, 0.25) is 5.78 Å². The van der Waals surface area contributed by atoms with Crippen LogP contribution in [0, 0.1) is 16.7 Å². The van der Waals surface area contributed by atoms with Crippen molar-refractivity contribution in [1.29, 1.82) is 0 Å². The number of carbonyl (C=O) groups excluding carboxylic acids is 3. The van der Waals surface area contributed by atoms with Crippen molar-refractivity contribution in [2.45, 2.75) is 59.7 Å². The summed E-state index contributed by atoms with van der Waals surface area (Å²) in [6.07, 6.45) is 0.889. The second kappa shape index (κ2) is 5.65. The second-order valence-electron chi connectivity index (χ2n) is 7.33. The number of aliphatic hydroxyl groups excluding tert-OH is 1. The minimum Gasteiger partial charge on any atom is -0.505 e. The molecule has 1 N–H and O–H groups in total. The van der Waals surface area contributed by atoms with E-state index in [-0.39, 0.29) is 23.9 Å². The van der Waals surface area contributed by atoms with Crippen LogP contribution >= 0.6 is 0 Å². The summed E-state index contributed by atoms with van der Waals surface area (Å²) in [5.41, 5.74) is -1.45. The summed E-state index contributed by atoms with van der Waals surface area (Å²) < 4.78 is 10.8. The molecule has 2 rings (SSSR count). The van der Waals surface area contributed by atoms with E-state index in [2.05, 4.69) is 0 Å². The van der Waals surface area contributed by atoms with Crippen molar-refractivity contribution < 1.29 is 29.0 Å². The van der Waals surface area contributed by atoms with Gasteiger partial charge in [-0.3, -0.25) is 14.4 Å². The Morgan fingerprint density at radius 3 is 2.26 bits per heavy atom. The molecule has 1 fully saturated rings. The van der Waals surface area contributed by atoms with E-state index in [0.29, 0.717) is 6.42 Å². The Morgan fingerprint density at radius 1 is 1.17 bits per heavy atom. The first-order valence-electron chi connectivity index (χ1n) is 7.78. The molecule has 0 amide bonds. The fourth-order valence-corrected chi connectivity index (χ4v) is 4.32. The lowest BCUT2D eigenvalue weighted by atomic mass is 9.50. The molecule has 6 heteroatoms. The summed E-state index contributed by atoms with van der Waals surface area (Å²) in [4.78, 5) is 35.5. The van der Waals surface area contributed by atoms with Crippen LogP contribution in [0.3, 0.4) is 0 Å². The van der Waals surface area contributed by atoms with Crippen LogP contribution in [0.2, 0.25) is 0 Å². The maximum absolute atomic E-state index is 12.6. The number of aliphatic hydroxyl groups is 1. The number of allylic oxidation sites excluding steroid dienone is 2. The third kappa shape index (κ3) is 2.86. The maximum atomic E-state index is 12.6. The largest absolute Gasteiger partial charge is 0.505 e. The van der Waals surface area contributed by atoms with Gasteiger partial charge in [0.15, 0.2) is 5.76 Å². The minimum absolute atomic E-state index is 0.130. The number of esters is 2. The van der Waals surface area contributed by atoms with Gasteiger partial charge in [0.1, 0.15) is 12.2 Å². The van der Waals surface area contributed by atoms with Gasteiger partial charge in [0.05, 0.1) is 0 Å². The Morgan fingerprint density at radius 2 is 1.74 bits per heavy atom. The zero-order chi connectivity index (χ0) is 17.6. The van der Waals surface area contributed by atoms with E-state index in [0.717, 1.165) is 0 Å². The topological polar surface area (TPSA) is 89.9 Å². The first-order valence-corrected chi connectivity index (χ1v) is 7.78. The highest BCUT2D eigenvalue weighted by Gasteiger charge is 2.61. The molecule has 0 aliphatic heterocycles. The summed E-state index contributed by atoms with van der Waals surface area (Å²) in [6.45, 7) is 8.19. The van der Waals surface area contributed by atoms with E-state index < -0.39 is 35.0 Å². The van der Waals surface area contributed by atoms with E-state index in [1.54, 1.807) is 6.92 Å². The van der Waals surface area contributed by atoms with Crippen molar-refractivity contribution in [2.75, 3.05) is 0 Å². The number of hydrogen-bond donors (Lipinski definition) is 1. The molecule has 128 valence electrons. The van der Waals surface area contributed by atoms with E-state index >= 15 is 0 Å². The van der Waals surface area contributed by atoms with Crippen LogP contribution in [-0.4, -0.2) is 35.0 Å². The fourth-order valence-electron chi connectivity index (χ4n) is 4.32. The Hall–Kier alpha value is -1.85. The molecule has 2 aliphatic rings. The molecule has 6 nitrogen and oxygen atoms in total. The molecule has 0 spiro atoms. The van der Waals surface area contributed by atoms with Gasteiger partial charge in [-0.2, -0.15) is 0 Å². The smallest absolute Gasteiger partial charge is 0.303 e. The molecule has 0 heterocycles. The molecule has 0 aromatic heterocycles. The van der Waals surface area contributed by atoms with E-state index in [4.69, 9.17) is 9.47 Å². The van der Waals surface area contributed by atoms with Gasteiger partial charge in [0, 0.05) is 31.1 Å². The highest BCUT2D eigenvalue weighted by atomic mass is 16.6. The molecule has 1 saturated carbocycles. The molecule has 23 heavy (non-hydrogen) atoms. The van der Waals surface area contributed by atoms with Crippen LogP contribution in [-0.2, 0) is 23.9 Å². The lowest BCUT2D eigenvalue weighted by molar-refractivity contribution is -0.206. The fraction of sp³-hybridized carbons (Fsp3) is 0.706. The van der Waals surface area contributed by atoms with E-state index in [1.165, 1.54) is 19.9 Å². The zero-order valence-corrected chi connectivity index (χ0v) is 14.2. The van der Waals surface area contributed by atoms with Gasteiger partial charge < -0.3 is 14.6 Å². The SMILES string of the molecule is CC(=O)O[C@@H]1C[C@]2(C)C(=O)C(O)=CC[C@H]2C(C)(C)[C@H]1OC(C)=O. The molecule has 0 aromatic carbocycles. The lowest BCUT2D eigenvalue weighted by Crippen LogP contribution is -2.61. The lowest BCUT2D eigenvalue weighted by Gasteiger charge is -2.56. The molecule has 0 saturated heterocycles. The van der Waals surface area contributed by atoms with E-state index in [1.807, 2.05) is 13.8 Å². The summed E-state index contributed by atoms with van der Waals surface area (Å²) in [6, 6.07) is 0. The number of ketones is 1. The van der Waals surface area contributed by atoms with E-state index in [9.17, 15) is 19.5 Å². The van der Waals surface area contributed by atoms with Gasteiger partial charge in [0.25, 0.3) is 0 Å². The third-order valence-corrected chi connectivity index (χ3v) is 5.27. The molecule has 2 aliphatic carbocycles. The first-order chi connectivity index (χ1) is 10.5. The predicted octanol–water partition coefficient (Wildman–Crippen LogP) is 2.32. The van der Waals surface area contributed by atoms with Crippen LogP contribution in [0.4, 0.5) is 0 Å². The molecule has 4 atom stereocenters. The summed E-state index contributed by atoms with van der Waals surface area (Å²) in [5.74, 6) is -1.67. The normalized spacial score (nSPS) is 35.8. The van der Waals surface area contributed by atoms with Crippen LogP contribution in [0.5, 0.6) is 0 Å². The highest BCUT2D eigenvalue weighted by molar-refractivity contribution is 5.99. The average Bonchev–Trinajstić information content (AvgIpc) is 2.39. The van der Waals surface area contributed by atoms with Crippen molar-refractivity contribution in [3.8, 4) is 0 Å². The number of carbonyl (C=O) groups is 3. The predicted molar refractivity (Wildman–Crippen MR) is 81.4 cm³/mol. The van der Waals surface area contributed by atoms with Crippen molar-refractivity contribution in [1.82, 2.24) is 0 Å². The first kappa shape index (κ1) is 17.5. The third-order valence-electron chi connectivity index (χ3n) is 5.27. The number of fused-ring (bicyclic) bond motifs is 1. The quantitative estimate of drug-likeness (QED) is 0.784. The number of rotatable bonds is 2. The average molecular weight is 324 g/mol. The van der Waals surface area contributed by atoms with Crippen LogP contribution < -0.4 is 0 Å². The summed E-state index contributed by atoms with van der Waals surface area (Å²) in [5, 5.41) is 9.85. The number of hydrogen-bond acceptors (Lipinski definition) is 6. The molecule has 0 radical (unpaired) electrons. The minimum atomic E-state index is -0.862. The second-order valence-corrected chi connectivity index (χ2v) is 7.33. The maximum Gasteiger partial charge on any atom is 0.303 e. The molecular weight excluding hydrogens is 300 g/mol. The van der Waals surface area contributed by atoms with Crippen LogP contribution in [0.15, 0.2) is 11.8 Å². The Balaban J connectivity index is 2.49.